The molecule has 0 unspecified atom stereocenters. The number of piperidine rings is 1. The van der Waals surface area contributed by atoms with Crippen molar-refractivity contribution in [3.63, 3.8) is 0 Å². The van der Waals surface area contributed by atoms with Gasteiger partial charge in [-0.15, -0.1) is 11.8 Å². The van der Waals surface area contributed by atoms with E-state index in [0.717, 1.165) is 40.1 Å². The highest BCUT2D eigenvalue weighted by molar-refractivity contribution is 8.00. The molecule has 4 rings (SSSR count). The summed E-state index contributed by atoms with van der Waals surface area (Å²) in [7, 11) is 0. The second-order valence-electron chi connectivity index (χ2n) is 9.56. The molecule has 3 aromatic rings. The minimum absolute atomic E-state index is 0.0273. The van der Waals surface area contributed by atoms with Crippen LogP contribution in [0.25, 0.3) is 0 Å². The Hall–Kier alpha value is -2.92. The summed E-state index contributed by atoms with van der Waals surface area (Å²) in [6.45, 7) is 7.62. The molecule has 0 bridgehead atoms. The summed E-state index contributed by atoms with van der Waals surface area (Å²) in [5.41, 5.74) is 0.742. The van der Waals surface area contributed by atoms with Crippen molar-refractivity contribution in [3.05, 3.63) is 64.0 Å². The molecule has 9 nitrogen and oxygen atoms in total. The number of carbonyl (C=O) groups is 1. The number of hydrogen-bond donors (Lipinski definition) is 1. The van der Waals surface area contributed by atoms with Gasteiger partial charge in [0, 0.05) is 36.7 Å². The van der Waals surface area contributed by atoms with Gasteiger partial charge in [0.15, 0.2) is 5.13 Å². The Bertz CT molecular complexity index is 1170. The van der Waals surface area contributed by atoms with Gasteiger partial charge < -0.3 is 14.6 Å². The summed E-state index contributed by atoms with van der Waals surface area (Å²) in [4.78, 5) is 33.9. The minimum atomic E-state index is -0.439. The molecule has 0 saturated carbocycles. The zero-order chi connectivity index (χ0) is 25.0. The molecule has 35 heavy (non-hydrogen) atoms. The summed E-state index contributed by atoms with van der Waals surface area (Å²) >= 11 is 3.23. The zero-order valence-electron chi connectivity index (χ0n) is 20.0. The molecule has 1 N–H and O–H groups in total. The number of amides is 1. The highest BCUT2D eigenvalue weighted by Crippen LogP contribution is 2.32. The van der Waals surface area contributed by atoms with E-state index in [1.807, 2.05) is 11.1 Å². The number of hydrogen-bond acceptors (Lipinski definition) is 9. The fraction of sp³-hybridized carbons (Fsp3) is 0.458. The zero-order valence-corrected chi connectivity index (χ0v) is 21.7. The Morgan fingerprint density at radius 3 is 2.74 bits per heavy atom. The van der Waals surface area contributed by atoms with E-state index in [2.05, 4.69) is 36.1 Å². The number of aromatic nitrogens is 2. The number of benzene rings is 1. The highest BCUT2D eigenvalue weighted by atomic mass is 32.2. The number of nitrogens with zero attached hydrogens (tertiary/aromatic N) is 4. The molecule has 1 fully saturated rings. The molecule has 1 aromatic carbocycles. The molecule has 2 aromatic heterocycles. The van der Waals surface area contributed by atoms with Crippen molar-refractivity contribution in [1.29, 1.82) is 0 Å². The van der Waals surface area contributed by atoms with Crippen molar-refractivity contribution in [1.82, 2.24) is 14.9 Å². The second kappa shape index (κ2) is 10.8. The van der Waals surface area contributed by atoms with Crippen LogP contribution in [-0.2, 0) is 22.4 Å². The number of nitrogens with one attached hydrogen (secondary N) is 1. The Morgan fingerprint density at radius 1 is 1.29 bits per heavy atom. The van der Waals surface area contributed by atoms with Crippen molar-refractivity contribution < 1.29 is 14.1 Å². The molecule has 1 saturated heterocycles. The van der Waals surface area contributed by atoms with Crippen molar-refractivity contribution in [2.75, 3.05) is 18.4 Å². The summed E-state index contributed by atoms with van der Waals surface area (Å²) in [6, 6.07) is 6.30. The normalized spacial score (nSPS) is 16.3. The Kier molecular flexibility index (Phi) is 7.75. The number of anilines is 1. The second-order valence-corrected chi connectivity index (χ2v) is 11.9. The van der Waals surface area contributed by atoms with Crippen LogP contribution < -0.4 is 5.32 Å². The van der Waals surface area contributed by atoms with Crippen molar-refractivity contribution in [2.45, 2.75) is 61.5 Å². The van der Waals surface area contributed by atoms with E-state index in [1.165, 1.54) is 12.1 Å². The van der Waals surface area contributed by atoms with E-state index < -0.39 is 4.92 Å². The maximum atomic E-state index is 12.8. The van der Waals surface area contributed by atoms with E-state index in [4.69, 9.17) is 4.42 Å². The lowest BCUT2D eigenvalue weighted by molar-refractivity contribution is -0.384. The van der Waals surface area contributed by atoms with Gasteiger partial charge in [0.25, 0.3) is 5.69 Å². The molecule has 11 heteroatoms. The van der Waals surface area contributed by atoms with Gasteiger partial charge >= 0.3 is 0 Å². The predicted molar refractivity (Wildman–Crippen MR) is 137 cm³/mol. The molecule has 1 atom stereocenters. The van der Waals surface area contributed by atoms with Crippen LogP contribution in [0.3, 0.4) is 0 Å². The third kappa shape index (κ3) is 6.82. The first-order valence-electron chi connectivity index (χ1n) is 11.5. The number of likely N-dealkylation sites (tertiary alicyclic amines) is 1. The van der Waals surface area contributed by atoms with E-state index in [1.54, 1.807) is 41.4 Å². The van der Waals surface area contributed by atoms with E-state index in [-0.39, 0.29) is 29.5 Å². The lowest BCUT2D eigenvalue weighted by Crippen LogP contribution is -2.45. The van der Waals surface area contributed by atoms with E-state index in [9.17, 15) is 14.9 Å². The number of rotatable bonds is 8. The van der Waals surface area contributed by atoms with Gasteiger partial charge in [-0.3, -0.25) is 14.9 Å². The molecular formula is C24H29N5O4S2. The van der Waals surface area contributed by atoms with Crippen LogP contribution >= 0.6 is 23.1 Å². The van der Waals surface area contributed by atoms with Crippen molar-refractivity contribution >= 4 is 39.8 Å². The summed E-state index contributed by atoms with van der Waals surface area (Å²) < 4.78 is 6.93. The number of thiazole rings is 1. The highest BCUT2D eigenvalue weighted by Gasteiger charge is 2.25. The molecule has 3 heterocycles. The Morgan fingerprint density at radius 2 is 2.06 bits per heavy atom. The van der Waals surface area contributed by atoms with Gasteiger partial charge in [0.05, 0.1) is 33.7 Å². The van der Waals surface area contributed by atoms with Crippen LogP contribution in [0.15, 0.2) is 45.3 Å². The SMILES string of the molecule is CC(C)(C)c1cnc(CSc2cnc(N[C@@H]3CCCN(C(=O)Cc4ccc([N+](=O)[O-])cc4)C3)s2)o1. The molecule has 1 aliphatic heterocycles. The number of nitro benzene ring substituents is 1. The minimum Gasteiger partial charge on any atom is -0.444 e. The molecule has 0 spiro atoms. The van der Waals surface area contributed by atoms with E-state index >= 15 is 0 Å². The predicted octanol–water partition coefficient (Wildman–Crippen LogP) is 5.27. The average molecular weight is 516 g/mol. The van der Waals surface area contributed by atoms with Gasteiger partial charge in [-0.05, 0) is 18.4 Å². The van der Waals surface area contributed by atoms with Crippen molar-refractivity contribution in [3.8, 4) is 0 Å². The summed E-state index contributed by atoms with van der Waals surface area (Å²) in [5, 5.41) is 15.1. The molecule has 1 amide bonds. The molecule has 0 radical (unpaired) electrons. The lowest BCUT2D eigenvalue weighted by atomic mass is 9.94. The number of non-ortho nitro benzene ring substituents is 1. The molecule has 0 aliphatic carbocycles. The smallest absolute Gasteiger partial charge is 0.269 e. The molecule has 1 aliphatic rings. The summed E-state index contributed by atoms with van der Waals surface area (Å²) in [5.74, 6) is 2.26. The van der Waals surface area contributed by atoms with Crippen LogP contribution in [0, 0.1) is 10.1 Å². The van der Waals surface area contributed by atoms with Gasteiger partial charge in [-0.1, -0.05) is 44.2 Å². The fourth-order valence-electron chi connectivity index (χ4n) is 3.77. The van der Waals surface area contributed by atoms with Crippen molar-refractivity contribution in [2.24, 2.45) is 0 Å². The topological polar surface area (TPSA) is 114 Å². The fourth-order valence-corrected chi connectivity index (χ4v) is 5.57. The quantitative estimate of drug-likeness (QED) is 0.245. The maximum absolute atomic E-state index is 12.8. The van der Waals surface area contributed by atoms with Crippen LogP contribution in [0.2, 0.25) is 0 Å². The maximum Gasteiger partial charge on any atom is 0.269 e. The van der Waals surface area contributed by atoms with Crippen LogP contribution in [-0.4, -0.2) is 44.8 Å². The van der Waals surface area contributed by atoms with Crippen LogP contribution in [0.5, 0.6) is 0 Å². The number of carbonyl (C=O) groups excluding carboxylic acids is 1. The number of oxazole rings is 1. The third-order valence-corrected chi connectivity index (χ3v) is 7.83. The van der Waals surface area contributed by atoms with Crippen LogP contribution in [0.1, 0.15) is 50.8 Å². The third-order valence-electron chi connectivity index (χ3n) is 5.72. The Labute approximate surface area is 212 Å². The largest absolute Gasteiger partial charge is 0.444 e. The first-order valence-corrected chi connectivity index (χ1v) is 13.3. The standard InChI is InChI=1S/C24H29N5O4S2/c1-24(2,3)19-12-25-20(33-19)15-34-22-13-26-23(35-22)27-17-5-4-10-28(14-17)21(30)11-16-6-8-18(9-7-16)29(31)32/h6-9,12-13,17H,4-5,10-11,14-15H2,1-3H3,(H,26,27)/t17-/m1/s1. The summed E-state index contributed by atoms with van der Waals surface area (Å²) in [6.07, 6.45) is 5.77. The van der Waals surface area contributed by atoms with Gasteiger partial charge in [-0.25, -0.2) is 9.97 Å². The first kappa shape index (κ1) is 25.2. The first-order chi connectivity index (χ1) is 16.7. The number of thioether (sulfide) groups is 1. The van der Waals surface area contributed by atoms with E-state index in [0.29, 0.717) is 18.2 Å². The lowest BCUT2D eigenvalue weighted by Gasteiger charge is -2.33. The monoisotopic (exact) mass is 515 g/mol. The number of nitro groups is 1. The van der Waals surface area contributed by atoms with Crippen LogP contribution in [0.4, 0.5) is 10.8 Å². The molecule has 186 valence electrons. The average Bonchev–Trinajstić information content (AvgIpc) is 3.48. The van der Waals surface area contributed by atoms with Gasteiger partial charge in [0.1, 0.15) is 5.76 Å². The molecular weight excluding hydrogens is 486 g/mol. The van der Waals surface area contributed by atoms with Gasteiger partial charge in [0.2, 0.25) is 11.8 Å². The van der Waals surface area contributed by atoms with Gasteiger partial charge in [-0.2, -0.15) is 0 Å². The Balaban J connectivity index is 1.27.